The Hall–Kier alpha value is -4.47. The molecule has 0 radical (unpaired) electrons. The summed E-state index contributed by atoms with van der Waals surface area (Å²) in [6.07, 6.45) is 3.05. The fraction of sp³-hybridized carbons (Fsp3) is 0.367. The number of hydrogen-bond acceptors (Lipinski definition) is 7. The van der Waals surface area contributed by atoms with E-state index in [1.807, 2.05) is 19.2 Å². The highest BCUT2D eigenvalue weighted by atomic mass is 16.4. The van der Waals surface area contributed by atoms with Gasteiger partial charge in [-0.05, 0) is 42.7 Å². The van der Waals surface area contributed by atoms with Gasteiger partial charge in [-0.15, -0.1) is 5.10 Å². The molecule has 40 heavy (non-hydrogen) atoms. The standard InChI is InChI=1S/C30H31N7O3/c1-18-13-20(35-12-11-30(2,17-35)19-7-4-3-5-8-19)14-37-27(18)33-26(34-37)28(38)32-25-21-15-36(16-22(21)25)24-10-6-9-23(31-24)29(39)40/h3-10,13-14,21-22,25H,11-12,15-17H2,1-2H3,(H,32,38)(H,39,40)/t21-,22?,25?,30+/m1/s1. The molecule has 10 heteroatoms. The van der Waals surface area contributed by atoms with Gasteiger partial charge in [0.2, 0.25) is 5.82 Å². The van der Waals surface area contributed by atoms with Gasteiger partial charge in [-0.2, -0.15) is 0 Å². The number of carbonyl (C=O) groups excluding carboxylic acids is 1. The Morgan fingerprint density at radius 3 is 2.55 bits per heavy atom. The molecule has 10 nitrogen and oxygen atoms in total. The Bertz CT molecular complexity index is 1630. The summed E-state index contributed by atoms with van der Waals surface area (Å²) < 4.78 is 1.73. The summed E-state index contributed by atoms with van der Waals surface area (Å²) in [5.41, 5.74) is 4.23. The lowest BCUT2D eigenvalue weighted by atomic mass is 9.82. The number of carboxylic acids is 1. The lowest BCUT2D eigenvalue weighted by Gasteiger charge is -2.26. The normalized spacial score (nSPS) is 25.3. The zero-order chi connectivity index (χ0) is 27.6. The molecule has 4 aromatic rings. The minimum Gasteiger partial charge on any atom is -0.477 e. The molecule has 0 spiro atoms. The highest BCUT2D eigenvalue weighted by molar-refractivity contribution is 5.91. The van der Waals surface area contributed by atoms with Crippen LogP contribution in [0.5, 0.6) is 0 Å². The Balaban J connectivity index is 1.02. The van der Waals surface area contributed by atoms with Crippen LogP contribution in [0.4, 0.5) is 11.5 Å². The minimum atomic E-state index is -1.04. The van der Waals surface area contributed by atoms with Gasteiger partial charge in [0.1, 0.15) is 5.82 Å². The molecule has 1 saturated carbocycles. The van der Waals surface area contributed by atoms with Crippen molar-refractivity contribution in [2.24, 2.45) is 11.8 Å². The van der Waals surface area contributed by atoms with Crippen LogP contribution in [0.2, 0.25) is 0 Å². The summed E-state index contributed by atoms with van der Waals surface area (Å²) in [6, 6.07) is 17.9. The predicted octanol–water partition coefficient (Wildman–Crippen LogP) is 3.16. The number of carbonyl (C=O) groups is 2. The molecule has 0 bridgehead atoms. The van der Waals surface area contributed by atoms with Crippen molar-refractivity contribution in [2.75, 3.05) is 36.0 Å². The number of rotatable bonds is 6. The number of piperidine rings is 1. The molecule has 3 aromatic heterocycles. The van der Waals surface area contributed by atoms with Gasteiger partial charge >= 0.3 is 5.97 Å². The Morgan fingerprint density at radius 2 is 1.80 bits per heavy atom. The molecule has 4 atom stereocenters. The molecule has 7 rings (SSSR count). The van der Waals surface area contributed by atoms with Crippen molar-refractivity contribution in [1.82, 2.24) is 24.9 Å². The van der Waals surface area contributed by atoms with Crippen molar-refractivity contribution in [3.63, 3.8) is 0 Å². The van der Waals surface area contributed by atoms with Gasteiger partial charge in [0.25, 0.3) is 5.91 Å². The van der Waals surface area contributed by atoms with Gasteiger partial charge < -0.3 is 20.2 Å². The van der Waals surface area contributed by atoms with E-state index in [4.69, 9.17) is 0 Å². The zero-order valence-electron chi connectivity index (χ0n) is 22.5. The summed E-state index contributed by atoms with van der Waals surface area (Å²) in [5.74, 6) is 0.141. The van der Waals surface area contributed by atoms with Gasteiger partial charge in [-0.25, -0.2) is 19.3 Å². The van der Waals surface area contributed by atoms with E-state index in [0.717, 1.165) is 43.9 Å². The molecular weight excluding hydrogens is 506 g/mol. The number of fused-ring (bicyclic) bond motifs is 2. The van der Waals surface area contributed by atoms with Crippen LogP contribution in [0.25, 0.3) is 5.65 Å². The van der Waals surface area contributed by atoms with Crippen LogP contribution in [-0.4, -0.2) is 68.8 Å². The third-order valence-corrected chi connectivity index (χ3v) is 8.88. The van der Waals surface area contributed by atoms with Gasteiger partial charge in [0.15, 0.2) is 11.3 Å². The van der Waals surface area contributed by atoms with Gasteiger partial charge in [-0.3, -0.25) is 4.79 Å². The molecule has 2 aliphatic heterocycles. The number of nitrogens with one attached hydrogen (secondary N) is 1. The van der Waals surface area contributed by atoms with Crippen LogP contribution in [0.3, 0.4) is 0 Å². The van der Waals surface area contributed by atoms with E-state index in [0.29, 0.717) is 23.3 Å². The van der Waals surface area contributed by atoms with Crippen LogP contribution < -0.4 is 15.1 Å². The molecule has 2 N–H and O–H groups in total. The van der Waals surface area contributed by atoms with Crippen LogP contribution in [-0.2, 0) is 5.41 Å². The second-order valence-corrected chi connectivity index (χ2v) is 11.6. The number of anilines is 2. The Morgan fingerprint density at radius 1 is 1.02 bits per heavy atom. The highest BCUT2D eigenvalue weighted by Crippen LogP contribution is 2.46. The molecule has 5 heterocycles. The first kappa shape index (κ1) is 24.6. The first-order chi connectivity index (χ1) is 19.3. The molecule has 204 valence electrons. The van der Waals surface area contributed by atoms with Crippen LogP contribution in [0.1, 0.15) is 45.6 Å². The molecule has 1 amide bonds. The average molecular weight is 538 g/mol. The smallest absolute Gasteiger partial charge is 0.354 e. The first-order valence-electron chi connectivity index (χ1n) is 13.7. The van der Waals surface area contributed by atoms with E-state index < -0.39 is 5.97 Å². The number of aromatic carboxylic acids is 1. The number of amides is 1. The summed E-state index contributed by atoms with van der Waals surface area (Å²) in [7, 11) is 0. The maximum atomic E-state index is 13.1. The second kappa shape index (κ2) is 9.04. The predicted molar refractivity (Wildman–Crippen MR) is 150 cm³/mol. The first-order valence-corrected chi connectivity index (χ1v) is 13.7. The monoisotopic (exact) mass is 537 g/mol. The highest BCUT2D eigenvalue weighted by Gasteiger charge is 2.57. The number of pyridine rings is 2. The molecule has 1 aromatic carbocycles. The number of hydrogen-bond donors (Lipinski definition) is 2. The lowest BCUT2D eigenvalue weighted by molar-refractivity contribution is 0.0690. The molecule has 1 aliphatic carbocycles. The van der Waals surface area contributed by atoms with Crippen molar-refractivity contribution < 1.29 is 14.7 Å². The Kier molecular flexibility index (Phi) is 5.55. The van der Waals surface area contributed by atoms with Gasteiger partial charge in [-0.1, -0.05) is 43.3 Å². The van der Waals surface area contributed by atoms with Crippen molar-refractivity contribution in [1.29, 1.82) is 0 Å². The average Bonchev–Trinajstić information content (AvgIpc) is 3.41. The Labute approximate surface area is 231 Å². The summed E-state index contributed by atoms with van der Waals surface area (Å²) in [5, 5.41) is 16.9. The quantitative estimate of drug-likeness (QED) is 0.385. The molecule has 2 saturated heterocycles. The fourth-order valence-electron chi connectivity index (χ4n) is 6.52. The van der Waals surface area contributed by atoms with Crippen LogP contribution in [0, 0.1) is 18.8 Å². The summed E-state index contributed by atoms with van der Waals surface area (Å²) in [6.45, 7) is 7.66. The largest absolute Gasteiger partial charge is 0.477 e. The number of benzene rings is 1. The maximum absolute atomic E-state index is 13.1. The van der Waals surface area contributed by atoms with Crippen molar-refractivity contribution in [3.05, 3.63) is 83.4 Å². The van der Waals surface area contributed by atoms with Gasteiger partial charge in [0, 0.05) is 49.5 Å². The van der Waals surface area contributed by atoms with Crippen LogP contribution >= 0.6 is 0 Å². The number of nitrogens with zero attached hydrogens (tertiary/aromatic N) is 6. The van der Waals surface area contributed by atoms with E-state index in [2.05, 4.69) is 73.5 Å². The van der Waals surface area contributed by atoms with Crippen molar-refractivity contribution in [3.8, 4) is 0 Å². The minimum absolute atomic E-state index is 0.0363. The number of aromatic nitrogens is 4. The zero-order valence-corrected chi connectivity index (χ0v) is 22.5. The molecule has 2 unspecified atom stereocenters. The van der Waals surface area contributed by atoms with E-state index in [9.17, 15) is 14.7 Å². The summed E-state index contributed by atoms with van der Waals surface area (Å²) >= 11 is 0. The van der Waals surface area contributed by atoms with Gasteiger partial charge in [0.05, 0.1) is 11.9 Å². The third-order valence-electron chi connectivity index (χ3n) is 8.88. The topological polar surface area (TPSA) is 116 Å². The van der Waals surface area contributed by atoms with Crippen molar-refractivity contribution >= 4 is 29.0 Å². The van der Waals surface area contributed by atoms with E-state index in [1.54, 1.807) is 10.6 Å². The maximum Gasteiger partial charge on any atom is 0.354 e. The number of carboxylic acid groups (broad SMARTS) is 1. The fourth-order valence-corrected chi connectivity index (χ4v) is 6.52. The molecule has 3 fully saturated rings. The second-order valence-electron chi connectivity index (χ2n) is 11.6. The van der Waals surface area contributed by atoms with E-state index in [1.165, 1.54) is 11.6 Å². The molecule has 3 aliphatic rings. The van der Waals surface area contributed by atoms with E-state index >= 15 is 0 Å². The lowest BCUT2D eigenvalue weighted by Crippen LogP contribution is -2.35. The molecular formula is C30H31N7O3. The van der Waals surface area contributed by atoms with Crippen LogP contribution in [0.15, 0.2) is 60.8 Å². The summed E-state index contributed by atoms with van der Waals surface area (Å²) in [4.78, 5) is 37.6. The third kappa shape index (κ3) is 4.14. The number of aryl methyl sites for hydroxylation is 1. The van der Waals surface area contributed by atoms with Crippen molar-refractivity contribution in [2.45, 2.75) is 31.7 Å². The SMILES string of the molecule is Cc1cc(N2CC[C@](C)(c3ccccc3)C2)cn2nc(C(=O)NC3C4CN(c5cccc(C(=O)O)n5)C[C@H]43)nc12. The van der Waals surface area contributed by atoms with E-state index in [-0.39, 0.29) is 28.9 Å².